The van der Waals surface area contributed by atoms with Crippen molar-refractivity contribution in [3.63, 3.8) is 0 Å². The Hall–Kier alpha value is -4.06. The molecule has 0 fully saturated rings. The maximum absolute atomic E-state index is 12.3. The van der Waals surface area contributed by atoms with Crippen molar-refractivity contribution in [2.45, 2.75) is 12.8 Å². The number of ketones is 1. The normalized spacial score (nSPS) is 10.7. The maximum Gasteiger partial charge on any atom is 0.306 e. The van der Waals surface area contributed by atoms with Crippen molar-refractivity contribution in [1.82, 2.24) is 9.97 Å². The predicted octanol–water partition coefficient (Wildman–Crippen LogP) is 3.95. The van der Waals surface area contributed by atoms with Gasteiger partial charge in [-0.05, 0) is 23.3 Å². The van der Waals surface area contributed by atoms with Gasteiger partial charge in [-0.25, -0.2) is 4.98 Å². The number of carbonyl (C=O) groups excluding carboxylic acids is 2. The molecule has 4 aromatic rings. The van der Waals surface area contributed by atoms with Crippen molar-refractivity contribution in [1.29, 1.82) is 0 Å². The Balaban J connectivity index is 1.30. The molecule has 6 nitrogen and oxygen atoms in total. The summed E-state index contributed by atoms with van der Waals surface area (Å²) in [6.07, 6.45) is 0.236. The molecule has 154 valence electrons. The maximum atomic E-state index is 12.3. The fourth-order valence-electron chi connectivity index (χ4n) is 3.25. The lowest BCUT2D eigenvalue weighted by molar-refractivity contribution is -0.142. The number of rotatable bonds is 7. The van der Waals surface area contributed by atoms with E-state index in [-0.39, 0.29) is 30.8 Å². The van der Waals surface area contributed by atoms with Gasteiger partial charge in [-0.15, -0.1) is 0 Å². The van der Waals surface area contributed by atoms with Crippen molar-refractivity contribution in [3.8, 4) is 11.1 Å². The summed E-state index contributed by atoms with van der Waals surface area (Å²) in [6, 6.07) is 24.0. The summed E-state index contributed by atoms with van der Waals surface area (Å²) in [4.78, 5) is 43.5. The van der Waals surface area contributed by atoms with E-state index in [4.69, 9.17) is 4.74 Å². The molecule has 31 heavy (non-hydrogen) atoms. The van der Waals surface area contributed by atoms with Crippen LogP contribution in [0.4, 0.5) is 0 Å². The molecule has 0 aliphatic heterocycles. The van der Waals surface area contributed by atoms with E-state index in [1.54, 1.807) is 36.4 Å². The SMILES string of the molecule is O=C(CCc1nc2ccccc2c(=O)[nH]1)OCC(=O)c1ccc(-c2ccccc2)cc1. The van der Waals surface area contributed by atoms with Crippen molar-refractivity contribution in [3.05, 3.63) is 101 Å². The number of para-hydroxylation sites is 1. The molecule has 0 aliphatic rings. The van der Waals surface area contributed by atoms with Crippen LogP contribution in [-0.2, 0) is 16.0 Å². The lowest BCUT2D eigenvalue weighted by Crippen LogP contribution is -2.16. The minimum Gasteiger partial charge on any atom is -0.457 e. The molecule has 0 unspecified atom stereocenters. The molecule has 0 spiro atoms. The summed E-state index contributed by atoms with van der Waals surface area (Å²) < 4.78 is 5.10. The van der Waals surface area contributed by atoms with Crippen LogP contribution in [0.3, 0.4) is 0 Å². The van der Waals surface area contributed by atoms with Gasteiger partial charge in [0.25, 0.3) is 5.56 Å². The molecule has 0 saturated heterocycles. The number of aromatic amines is 1. The van der Waals surface area contributed by atoms with E-state index in [9.17, 15) is 14.4 Å². The number of hydrogen-bond donors (Lipinski definition) is 1. The van der Waals surface area contributed by atoms with E-state index in [0.29, 0.717) is 22.3 Å². The molecular formula is C25H20N2O4. The number of nitrogens with zero attached hydrogens (tertiary/aromatic N) is 1. The molecule has 1 aromatic heterocycles. The van der Waals surface area contributed by atoms with Crippen LogP contribution in [0.15, 0.2) is 83.7 Å². The number of benzene rings is 3. The summed E-state index contributed by atoms with van der Waals surface area (Å²) in [7, 11) is 0. The Labute approximate surface area is 178 Å². The van der Waals surface area contributed by atoms with Crippen molar-refractivity contribution >= 4 is 22.7 Å². The lowest BCUT2D eigenvalue weighted by Gasteiger charge is -2.06. The van der Waals surface area contributed by atoms with Gasteiger partial charge in [0.1, 0.15) is 5.82 Å². The topological polar surface area (TPSA) is 89.1 Å². The molecule has 1 heterocycles. The number of aryl methyl sites for hydroxylation is 1. The highest BCUT2D eigenvalue weighted by Gasteiger charge is 2.12. The van der Waals surface area contributed by atoms with E-state index < -0.39 is 5.97 Å². The zero-order valence-electron chi connectivity index (χ0n) is 16.7. The Bertz CT molecular complexity index is 1280. The first kappa shape index (κ1) is 20.2. The molecule has 0 radical (unpaired) electrons. The lowest BCUT2D eigenvalue weighted by atomic mass is 10.0. The van der Waals surface area contributed by atoms with Gasteiger partial charge in [0, 0.05) is 12.0 Å². The van der Waals surface area contributed by atoms with E-state index in [2.05, 4.69) is 9.97 Å². The molecule has 0 aliphatic carbocycles. The van der Waals surface area contributed by atoms with Gasteiger partial charge in [-0.1, -0.05) is 66.7 Å². The molecule has 0 saturated carbocycles. The van der Waals surface area contributed by atoms with Crippen molar-refractivity contribution in [2.24, 2.45) is 0 Å². The van der Waals surface area contributed by atoms with Gasteiger partial charge in [-0.2, -0.15) is 0 Å². The molecule has 1 N–H and O–H groups in total. The minimum atomic E-state index is -0.523. The average Bonchev–Trinajstić information content (AvgIpc) is 2.82. The Morgan fingerprint density at radius 1 is 0.839 bits per heavy atom. The first-order valence-corrected chi connectivity index (χ1v) is 9.92. The minimum absolute atomic E-state index is 0.0154. The van der Waals surface area contributed by atoms with Gasteiger partial charge in [0.2, 0.25) is 0 Å². The third-order valence-corrected chi connectivity index (χ3v) is 4.91. The zero-order valence-corrected chi connectivity index (χ0v) is 16.7. The number of hydrogen-bond acceptors (Lipinski definition) is 5. The highest BCUT2D eigenvalue weighted by Crippen LogP contribution is 2.19. The fraction of sp³-hybridized carbons (Fsp3) is 0.120. The van der Waals surface area contributed by atoms with Gasteiger partial charge in [-0.3, -0.25) is 14.4 Å². The number of H-pyrrole nitrogens is 1. The number of aromatic nitrogens is 2. The highest BCUT2D eigenvalue weighted by atomic mass is 16.5. The molecule has 6 heteroatoms. The van der Waals surface area contributed by atoms with E-state index in [0.717, 1.165) is 11.1 Å². The second-order valence-electron chi connectivity index (χ2n) is 7.06. The Kier molecular flexibility index (Phi) is 5.98. The summed E-state index contributed by atoms with van der Waals surface area (Å²) in [5.74, 6) is -0.390. The van der Waals surface area contributed by atoms with Crippen LogP contribution in [0.2, 0.25) is 0 Å². The highest BCUT2D eigenvalue weighted by molar-refractivity contribution is 5.98. The van der Waals surface area contributed by atoms with Crippen molar-refractivity contribution in [2.75, 3.05) is 6.61 Å². The average molecular weight is 412 g/mol. The van der Waals surface area contributed by atoms with Gasteiger partial charge in [0.15, 0.2) is 12.4 Å². The number of nitrogens with one attached hydrogen (secondary N) is 1. The van der Waals surface area contributed by atoms with Crippen LogP contribution in [-0.4, -0.2) is 28.3 Å². The second-order valence-corrected chi connectivity index (χ2v) is 7.06. The van der Waals surface area contributed by atoms with Crippen LogP contribution >= 0.6 is 0 Å². The number of Topliss-reactive ketones (excluding diaryl/α,β-unsaturated/α-hetero) is 1. The van der Waals surface area contributed by atoms with Crippen LogP contribution in [0.25, 0.3) is 22.0 Å². The first-order valence-electron chi connectivity index (χ1n) is 9.92. The van der Waals surface area contributed by atoms with Crippen LogP contribution in [0.5, 0.6) is 0 Å². The molecule has 0 amide bonds. The molecule has 0 atom stereocenters. The van der Waals surface area contributed by atoms with E-state index in [1.165, 1.54) is 0 Å². The Morgan fingerprint density at radius 3 is 2.29 bits per heavy atom. The largest absolute Gasteiger partial charge is 0.457 e. The van der Waals surface area contributed by atoms with Crippen LogP contribution in [0.1, 0.15) is 22.6 Å². The molecular weight excluding hydrogens is 392 g/mol. The second kappa shape index (κ2) is 9.17. The number of fused-ring (bicyclic) bond motifs is 1. The predicted molar refractivity (Wildman–Crippen MR) is 118 cm³/mol. The van der Waals surface area contributed by atoms with Gasteiger partial charge < -0.3 is 9.72 Å². The third kappa shape index (κ3) is 4.93. The van der Waals surface area contributed by atoms with E-state index in [1.807, 2.05) is 42.5 Å². The summed E-state index contributed by atoms with van der Waals surface area (Å²) in [5, 5.41) is 0.498. The number of carbonyl (C=O) groups is 2. The summed E-state index contributed by atoms with van der Waals surface area (Å²) in [6.45, 7) is -0.328. The van der Waals surface area contributed by atoms with Gasteiger partial charge in [0.05, 0.1) is 17.3 Å². The summed E-state index contributed by atoms with van der Waals surface area (Å²) in [5.41, 5.74) is 2.87. The van der Waals surface area contributed by atoms with Crippen molar-refractivity contribution < 1.29 is 14.3 Å². The van der Waals surface area contributed by atoms with E-state index >= 15 is 0 Å². The molecule has 4 rings (SSSR count). The third-order valence-electron chi connectivity index (χ3n) is 4.91. The standard InChI is InChI=1S/C25H20N2O4/c28-22(19-12-10-18(11-13-19)17-6-2-1-3-7-17)16-31-24(29)15-14-23-26-21-9-5-4-8-20(21)25(30)27-23/h1-13H,14-16H2,(H,26,27,30). The van der Waals surface area contributed by atoms with Crippen LogP contribution < -0.4 is 5.56 Å². The Morgan fingerprint density at radius 2 is 1.52 bits per heavy atom. The smallest absolute Gasteiger partial charge is 0.306 e. The van der Waals surface area contributed by atoms with Gasteiger partial charge >= 0.3 is 5.97 Å². The zero-order chi connectivity index (χ0) is 21.6. The fourth-order valence-corrected chi connectivity index (χ4v) is 3.25. The molecule has 0 bridgehead atoms. The summed E-state index contributed by atoms with van der Waals surface area (Å²) >= 11 is 0. The van der Waals surface area contributed by atoms with Crippen LogP contribution in [0, 0.1) is 0 Å². The molecule has 3 aromatic carbocycles. The number of esters is 1. The first-order chi connectivity index (χ1) is 15.1. The number of ether oxygens (including phenoxy) is 1. The quantitative estimate of drug-likeness (QED) is 0.367. The monoisotopic (exact) mass is 412 g/mol.